The van der Waals surface area contributed by atoms with Gasteiger partial charge in [0.2, 0.25) is 5.91 Å². The van der Waals surface area contributed by atoms with Gasteiger partial charge >= 0.3 is 6.03 Å². The Morgan fingerprint density at radius 3 is 2.44 bits per heavy atom. The SMILES string of the molecule is CCC1=CN=C2C(C(=O)N(C)C(=O)N2C)C1=Nc1ccc(OC)cc1. The molecule has 0 saturated carbocycles. The molecule has 0 aromatic heterocycles. The first-order valence-corrected chi connectivity index (χ1v) is 8.03. The van der Waals surface area contributed by atoms with Crippen LogP contribution in [-0.4, -0.2) is 54.5 Å². The zero-order valence-electron chi connectivity index (χ0n) is 14.7. The summed E-state index contributed by atoms with van der Waals surface area (Å²) in [4.78, 5) is 36.5. The van der Waals surface area contributed by atoms with Gasteiger partial charge in [-0.05, 0) is 36.3 Å². The molecule has 1 aromatic carbocycles. The summed E-state index contributed by atoms with van der Waals surface area (Å²) in [5.41, 5.74) is 2.23. The molecule has 7 heteroatoms. The molecular formula is C18H20N4O3. The van der Waals surface area contributed by atoms with E-state index in [-0.39, 0.29) is 5.91 Å². The first-order chi connectivity index (χ1) is 12.0. The fourth-order valence-corrected chi connectivity index (χ4v) is 2.92. The van der Waals surface area contributed by atoms with Crippen molar-refractivity contribution in [3.05, 3.63) is 36.0 Å². The van der Waals surface area contributed by atoms with Crippen molar-refractivity contribution in [1.82, 2.24) is 9.80 Å². The Hall–Kier alpha value is -2.96. The first-order valence-electron chi connectivity index (χ1n) is 8.03. The zero-order chi connectivity index (χ0) is 18.1. The number of carbonyl (C=O) groups excluding carboxylic acids is 2. The number of fused-ring (bicyclic) bond motifs is 1. The van der Waals surface area contributed by atoms with Gasteiger partial charge in [-0.2, -0.15) is 0 Å². The van der Waals surface area contributed by atoms with E-state index in [4.69, 9.17) is 9.73 Å². The van der Waals surface area contributed by atoms with E-state index in [9.17, 15) is 9.59 Å². The summed E-state index contributed by atoms with van der Waals surface area (Å²) >= 11 is 0. The van der Waals surface area contributed by atoms with Crippen molar-refractivity contribution in [2.75, 3.05) is 21.2 Å². The maximum atomic E-state index is 12.7. The summed E-state index contributed by atoms with van der Waals surface area (Å²) < 4.78 is 5.16. The maximum absolute atomic E-state index is 12.7. The number of benzene rings is 1. The number of aliphatic imine (C=N–C) groups is 2. The van der Waals surface area contributed by atoms with E-state index >= 15 is 0 Å². The molecule has 0 spiro atoms. The van der Waals surface area contributed by atoms with Crippen LogP contribution in [0.25, 0.3) is 0 Å². The standard InChI is InChI=1S/C18H20N4O3/c1-5-11-10-19-16-14(17(23)22(3)18(24)21(16)2)15(11)20-12-6-8-13(25-4)9-7-12/h6-10,14H,5H2,1-4H3. The van der Waals surface area contributed by atoms with Crippen LogP contribution in [-0.2, 0) is 4.79 Å². The number of urea groups is 1. The molecule has 0 bridgehead atoms. The van der Waals surface area contributed by atoms with Gasteiger partial charge in [0.05, 0.1) is 18.5 Å². The number of amidine groups is 1. The van der Waals surface area contributed by atoms with Crippen LogP contribution in [0.2, 0.25) is 0 Å². The average Bonchev–Trinajstić information content (AvgIpc) is 2.64. The van der Waals surface area contributed by atoms with Crippen LogP contribution >= 0.6 is 0 Å². The molecule has 3 rings (SSSR count). The summed E-state index contributed by atoms with van der Waals surface area (Å²) in [6, 6.07) is 6.90. The number of hydrogen-bond acceptors (Lipinski definition) is 5. The van der Waals surface area contributed by atoms with Crippen LogP contribution in [0.4, 0.5) is 10.5 Å². The summed E-state index contributed by atoms with van der Waals surface area (Å²) in [5, 5.41) is 0. The number of nitrogens with zero attached hydrogens (tertiary/aromatic N) is 4. The number of ether oxygens (including phenoxy) is 1. The lowest BCUT2D eigenvalue weighted by atomic mass is 9.89. The van der Waals surface area contributed by atoms with Gasteiger partial charge in [-0.15, -0.1) is 0 Å². The van der Waals surface area contributed by atoms with E-state index in [1.807, 2.05) is 31.2 Å². The van der Waals surface area contributed by atoms with Crippen molar-refractivity contribution in [2.24, 2.45) is 15.9 Å². The lowest BCUT2D eigenvalue weighted by Gasteiger charge is -2.37. The van der Waals surface area contributed by atoms with Gasteiger partial charge in [-0.3, -0.25) is 19.6 Å². The second-order valence-corrected chi connectivity index (χ2v) is 5.86. The lowest BCUT2D eigenvalue weighted by molar-refractivity contribution is -0.128. The van der Waals surface area contributed by atoms with Crippen LogP contribution in [0.1, 0.15) is 13.3 Å². The third-order valence-electron chi connectivity index (χ3n) is 4.41. The van der Waals surface area contributed by atoms with E-state index in [2.05, 4.69) is 4.99 Å². The lowest BCUT2D eigenvalue weighted by Crippen LogP contribution is -2.59. The molecule has 0 radical (unpaired) electrons. The molecule has 2 aliphatic heterocycles. The third-order valence-corrected chi connectivity index (χ3v) is 4.41. The Morgan fingerprint density at radius 2 is 1.84 bits per heavy atom. The molecule has 2 aliphatic rings. The molecule has 0 aliphatic carbocycles. The van der Waals surface area contributed by atoms with Gasteiger partial charge in [-0.1, -0.05) is 6.92 Å². The van der Waals surface area contributed by atoms with Gasteiger partial charge in [0.25, 0.3) is 0 Å². The smallest absolute Gasteiger partial charge is 0.331 e. The molecule has 1 fully saturated rings. The number of imide groups is 1. The number of rotatable bonds is 3. The Kier molecular flexibility index (Phi) is 4.39. The fraction of sp³-hybridized carbons (Fsp3) is 0.333. The zero-order valence-corrected chi connectivity index (χ0v) is 14.7. The van der Waals surface area contributed by atoms with Crippen molar-refractivity contribution >= 4 is 29.2 Å². The van der Waals surface area contributed by atoms with Gasteiger partial charge in [0, 0.05) is 20.3 Å². The monoisotopic (exact) mass is 340 g/mol. The first kappa shape index (κ1) is 16.9. The Balaban J connectivity index is 2.08. The molecule has 0 N–H and O–H groups in total. The van der Waals surface area contributed by atoms with Crippen LogP contribution < -0.4 is 4.74 Å². The van der Waals surface area contributed by atoms with E-state index in [0.717, 1.165) is 16.2 Å². The topological polar surface area (TPSA) is 74.6 Å². The number of methoxy groups -OCH3 is 1. The van der Waals surface area contributed by atoms with Crippen LogP contribution in [0.5, 0.6) is 5.75 Å². The molecule has 130 valence electrons. The summed E-state index contributed by atoms with van der Waals surface area (Å²) in [7, 11) is 4.70. The minimum absolute atomic E-state index is 0.312. The molecule has 1 saturated heterocycles. The van der Waals surface area contributed by atoms with Gasteiger partial charge in [0.15, 0.2) is 0 Å². The van der Waals surface area contributed by atoms with E-state index < -0.39 is 11.9 Å². The molecule has 1 aromatic rings. The van der Waals surface area contributed by atoms with Gasteiger partial charge in [0.1, 0.15) is 17.5 Å². The van der Waals surface area contributed by atoms with Crippen LogP contribution in [0.15, 0.2) is 46.0 Å². The van der Waals surface area contributed by atoms with E-state index in [0.29, 0.717) is 23.7 Å². The van der Waals surface area contributed by atoms with E-state index in [1.165, 1.54) is 11.9 Å². The average molecular weight is 340 g/mol. The highest BCUT2D eigenvalue weighted by Crippen LogP contribution is 2.29. The Bertz CT molecular complexity index is 808. The number of amides is 3. The largest absolute Gasteiger partial charge is 0.497 e. The van der Waals surface area contributed by atoms with Crippen molar-refractivity contribution in [2.45, 2.75) is 13.3 Å². The fourth-order valence-electron chi connectivity index (χ4n) is 2.92. The summed E-state index contributed by atoms with van der Waals surface area (Å²) in [5.74, 6) is 0.167. The highest BCUT2D eigenvalue weighted by atomic mass is 16.5. The number of carbonyl (C=O) groups is 2. The number of hydrogen-bond donors (Lipinski definition) is 0. The maximum Gasteiger partial charge on any atom is 0.331 e. The molecule has 25 heavy (non-hydrogen) atoms. The highest BCUT2D eigenvalue weighted by Gasteiger charge is 2.45. The normalized spacial score (nSPS) is 21.9. The minimum atomic E-state index is -0.672. The van der Waals surface area contributed by atoms with Gasteiger partial charge < -0.3 is 4.74 Å². The van der Waals surface area contributed by atoms with E-state index in [1.54, 1.807) is 20.4 Å². The molecular weight excluding hydrogens is 320 g/mol. The molecule has 3 amide bonds. The Morgan fingerprint density at radius 1 is 1.16 bits per heavy atom. The minimum Gasteiger partial charge on any atom is -0.497 e. The predicted molar refractivity (Wildman–Crippen MR) is 95.3 cm³/mol. The van der Waals surface area contributed by atoms with Crippen molar-refractivity contribution < 1.29 is 14.3 Å². The Labute approximate surface area is 146 Å². The van der Waals surface area contributed by atoms with Crippen molar-refractivity contribution in [3.63, 3.8) is 0 Å². The highest BCUT2D eigenvalue weighted by molar-refractivity contribution is 6.33. The number of allylic oxidation sites excluding steroid dienone is 1. The predicted octanol–water partition coefficient (Wildman–Crippen LogP) is 2.61. The van der Waals surface area contributed by atoms with Crippen molar-refractivity contribution in [1.29, 1.82) is 0 Å². The molecule has 7 nitrogen and oxygen atoms in total. The molecule has 2 heterocycles. The second kappa shape index (κ2) is 6.51. The second-order valence-electron chi connectivity index (χ2n) is 5.86. The van der Waals surface area contributed by atoms with Crippen LogP contribution in [0, 0.1) is 5.92 Å². The summed E-state index contributed by atoms with van der Waals surface area (Å²) in [6.07, 6.45) is 2.38. The molecule has 1 unspecified atom stereocenters. The van der Waals surface area contributed by atoms with Crippen LogP contribution in [0.3, 0.4) is 0 Å². The molecule has 1 atom stereocenters. The quantitative estimate of drug-likeness (QED) is 0.849. The van der Waals surface area contributed by atoms with Crippen molar-refractivity contribution in [3.8, 4) is 5.75 Å². The third kappa shape index (κ3) is 2.82. The van der Waals surface area contributed by atoms with Gasteiger partial charge in [-0.25, -0.2) is 9.79 Å². The summed E-state index contributed by atoms with van der Waals surface area (Å²) in [6.45, 7) is 1.99.